The molecule has 0 N–H and O–H groups in total. The molecule has 18 heavy (non-hydrogen) atoms. The van der Waals surface area contributed by atoms with Crippen molar-refractivity contribution in [3.05, 3.63) is 35.4 Å². The average Bonchev–Trinajstić information content (AvgIpc) is 3.06. The quantitative estimate of drug-likeness (QED) is 0.736. The second-order valence-corrected chi connectivity index (χ2v) is 4.22. The largest absolute Gasteiger partial charge is 0.339 e. The van der Waals surface area contributed by atoms with Crippen molar-refractivity contribution in [2.75, 3.05) is 0 Å². The molecule has 0 aromatic heterocycles. The predicted octanol–water partition coefficient (Wildman–Crippen LogP) is 1.10. The Morgan fingerprint density at radius 1 is 1.22 bits per heavy atom. The Balaban J connectivity index is 1.82. The summed E-state index contributed by atoms with van der Waals surface area (Å²) in [6.45, 7) is 0. The summed E-state index contributed by atoms with van der Waals surface area (Å²) in [7, 11) is 0. The highest BCUT2D eigenvalue weighted by atomic mass is 19.1. The summed E-state index contributed by atoms with van der Waals surface area (Å²) in [5.41, 5.74) is 0.366. The van der Waals surface area contributed by atoms with Crippen LogP contribution in [-0.2, 0) is 9.63 Å². The third-order valence-electron chi connectivity index (χ3n) is 2.95. The van der Waals surface area contributed by atoms with Crippen molar-refractivity contribution in [1.82, 2.24) is 5.06 Å². The van der Waals surface area contributed by atoms with Crippen molar-refractivity contribution in [1.29, 1.82) is 0 Å². The van der Waals surface area contributed by atoms with E-state index in [1.165, 1.54) is 12.1 Å². The number of rotatable bonds is 2. The van der Waals surface area contributed by atoms with Crippen LogP contribution in [0.4, 0.5) is 4.39 Å². The molecule has 0 spiro atoms. The number of hydrogen-bond donors (Lipinski definition) is 0. The van der Waals surface area contributed by atoms with Gasteiger partial charge in [-0.15, -0.1) is 0 Å². The lowest BCUT2D eigenvalue weighted by atomic mass is 10.1. The van der Waals surface area contributed by atoms with Crippen LogP contribution in [0.3, 0.4) is 0 Å². The molecule has 0 radical (unpaired) electrons. The van der Waals surface area contributed by atoms with Crippen molar-refractivity contribution in [2.24, 2.45) is 5.92 Å². The number of benzene rings is 1. The molecule has 1 aromatic carbocycles. The summed E-state index contributed by atoms with van der Waals surface area (Å²) in [6.07, 6.45) is -1.14. The summed E-state index contributed by atoms with van der Waals surface area (Å²) in [6, 6.07) is 6.15. The Kier molecular flexibility index (Phi) is 2.19. The molecule has 2 aliphatic rings. The van der Waals surface area contributed by atoms with Crippen LogP contribution < -0.4 is 0 Å². The number of nitrogens with zero attached hydrogens (tertiary/aromatic N) is 1. The molecule has 1 saturated carbocycles. The lowest BCUT2D eigenvalue weighted by Gasteiger charge is -2.11. The van der Waals surface area contributed by atoms with Crippen LogP contribution in [-0.4, -0.2) is 29.0 Å². The summed E-state index contributed by atoms with van der Waals surface area (Å²) in [4.78, 5) is 39.7. The Morgan fingerprint density at radius 3 is 2.17 bits per heavy atom. The van der Waals surface area contributed by atoms with Gasteiger partial charge in [0.1, 0.15) is 6.17 Å². The van der Waals surface area contributed by atoms with Gasteiger partial charge in [-0.25, -0.2) is 9.18 Å². The number of alkyl halides is 1. The Labute approximate surface area is 101 Å². The van der Waals surface area contributed by atoms with E-state index in [4.69, 9.17) is 0 Å². The zero-order chi connectivity index (χ0) is 12.9. The molecule has 0 saturated heterocycles. The highest BCUT2D eigenvalue weighted by Crippen LogP contribution is 2.35. The van der Waals surface area contributed by atoms with E-state index in [0.29, 0.717) is 5.06 Å². The van der Waals surface area contributed by atoms with Gasteiger partial charge in [0.15, 0.2) is 0 Å². The zero-order valence-electron chi connectivity index (χ0n) is 9.13. The normalized spacial score (nSPS) is 25.1. The third kappa shape index (κ3) is 1.49. The van der Waals surface area contributed by atoms with Crippen LogP contribution in [0.5, 0.6) is 0 Å². The average molecular weight is 249 g/mol. The van der Waals surface area contributed by atoms with E-state index < -0.39 is 29.9 Å². The van der Waals surface area contributed by atoms with Crippen LogP contribution in [0.15, 0.2) is 24.3 Å². The molecule has 1 fully saturated rings. The van der Waals surface area contributed by atoms with E-state index in [-0.39, 0.29) is 17.5 Å². The first-order chi connectivity index (χ1) is 8.59. The number of fused-ring (bicyclic) bond motifs is 1. The van der Waals surface area contributed by atoms with Gasteiger partial charge in [0.25, 0.3) is 11.8 Å². The molecule has 0 bridgehead atoms. The van der Waals surface area contributed by atoms with Crippen molar-refractivity contribution in [3.63, 3.8) is 0 Å². The Morgan fingerprint density at radius 2 is 1.72 bits per heavy atom. The fraction of sp³-hybridized carbons (Fsp3) is 0.250. The van der Waals surface area contributed by atoms with Gasteiger partial charge in [-0.2, -0.15) is 0 Å². The Bertz CT molecular complexity index is 536. The fourth-order valence-electron chi connectivity index (χ4n) is 1.82. The predicted molar refractivity (Wildman–Crippen MR) is 56.0 cm³/mol. The van der Waals surface area contributed by atoms with Crippen molar-refractivity contribution < 1.29 is 23.6 Å². The molecule has 6 heteroatoms. The highest BCUT2D eigenvalue weighted by molar-refractivity contribution is 6.20. The SMILES string of the molecule is O=C(ON1C(=O)c2ccccc2C1=O)C1CC1F. The van der Waals surface area contributed by atoms with Gasteiger partial charge in [-0.1, -0.05) is 17.2 Å². The number of carbonyl (C=O) groups is 3. The molecule has 2 amide bonds. The molecule has 1 aliphatic carbocycles. The van der Waals surface area contributed by atoms with Gasteiger partial charge in [-0.3, -0.25) is 9.59 Å². The summed E-state index contributed by atoms with van der Waals surface area (Å²) >= 11 is 0. The van der Waals surface area contributed by atoms with E-state index in [0.717, 1.165) is 0 Å². The number of carbonyl (C=O) groups excluding carboxylic acids is 3. The molecule has 1 aromatic rings. The van der Waals surface area contributed by atoms with E-state index in [9.17, 15) is 18.8 Å². The first-order valence-corrected chi connectivity index (χ1v) is 5.43. The van der Waals surface area contributed by atoms with Crippen molar-refractivity contribution in [3.8, 4) is 0 Å². The van der Waals surface area contributed by atoms with Gasteiger partial charge >= 0.3 is 5.97 Å². The number of hydrogen-bond acceptors (Lipinski definition) is 4. The van der Waals surface area contributed by atoms with E-state index in [1.807, 2.05) is 0 Å². The maximum atomic E-state index is 12.7. The monoisotopic (exact) mass is 249 g/mol. The molecular formula is C12H8FNO4. The minimum Gasteiger partial charge on any atom is -0.329 e. The number of imide groups is 1. The van der Waals surface area contributed by atoms with Crippen LogP contribution in [0.2, 0.25) is 0 Å². The van der Waals surface area contributed by atoms with Crippen LogP contribution in [0.25, 0.3) is 0 Å². The zero-order valence-corrected chi connectivity index (χ0v) is 9.13. The minimum absolute atomic E-state index is 0.0853. The number of halogens is 1. The molecule has 3 rings (SSSR count). The molecule has 2 unspecified atom stereocenters. The van der Waals surface area contributed by atoms with Gasteiger partial charge in [0.2, 0.25) is 0 Å². The smallest absolute Gasteiger partial charge is 0.329 e. The lowest BCUT2D eigenvalue weighted by molar-refractivity contribution is -0.170. The minimum atomic E-state index is -1.23. The summed E-state index contributed by atoms with van der Waals surface area (Å²) in [5, 5.41) is 0.401. The molecule has 5 nitrogen and oxygen atoms in total. The lowest BCUT2D eigenvalue weighted by Crippen LogP contribution is -2.33. The van der Waals surface area contributed by atoms with Gasteiger partial charge in [0.05, 0.1) is 17.0 Å². The van der Waals surface area contributed by atoms with Crippen LogP contribution >= 0.6 is 0 Å². The molecule has 92 valence electrons. The molecule has 1 heterocycles. The van der Waals surface area contributed by atoms with Crippen LogP contribution in [0, 0.1) is 5.92 Å². The first kappa shape index (κ1) is 10.9. The van der Waals surface area contributed by atoms with Gasteiger partial charge in [0, 0.05) is 0 Å². The topological polar surface area (TPSA) is 63.7 Å². The third-order valence-corrected chi connectivity index (χ3v) is 2.95. The Hall–Kier alpha value is -2.24. The highest BCUT2D eigenvalue weighted by Gasteiger charge is 2.48. The van der Waals surface area contributed by atoms with Crippen molar-refractivity contribution >= 4 is 17.8 Å². The number of amides is 2. The maximum absolute atomic E-state index is 12.7. The maximum Gasteiger partial charge on any atom is 0.339 e. The van der Waals surface area contributed by atoms with E-state index in [2.05, 4.69) is 4.84 Å². The van der Waals surface area contributed by atoms with Gasteiger partial charge < -0.3 is 4.84 Å². The second kappa shape index (κ2) is 3.63. The second-order valence-electron chi connectivity index (χ2n) is 4.22. The van der Waals surface area contributed by atoms with E-state index in [1.54, 1.807) is 12.1 Å². The molecular weight excluding hydrogens is 241 g/mol. The first-order valence-electron chi connectivity index (χ1n) is 5.43. The van der Waals surface area contributed by atoms with E-state index >= 15 is 0 Å². The van der Waals surface area contributed by atoms with Gasteiger partial charge in [-0.05, 0) is 18.6 Å². The van der Waals surface area contributed by atoms with Crippen molar-refractivity contribution in [2.45, 2.75) is 12.6 Å². The standard InChI is InChI=1S/C12H8FNO4/c13-9-5-8(9)12(17)18-14-10(15)6-3-1-2-4-7(6)11(14)16/h1-4,8-9H,5H2. The summed E-state index contributed by atoms with van der Waals surface area (Å²) < 4.78 is 12.7. The summed E-state index contributed by atoms with van der Waals surface area (Å²) in [5.74, 6) is -3.12. The van der Waals surface area contributed by atoms with Crippen LogP contribution in [0.1, 0.15) is 27.1 Å². The number of hydroxylamine groups is 2. The fourth-order valence-corrected chi connectivity index (χ4v) is 1.82. The molecule has 2 atom stereocenters. The molecule has 1 aliphatic heterocycles.